The predicted molar refractivity (Wildman–Crippen MR) is 79.8 cm³/mol. The van der Waals surface area contributed by atoms with E-state index < -0.39 is 8.80 Å². The molecule has 0 aliphatic carbocycles. The first kappa shape index (κ1) is 18.1. The zero-order valence-corrected chi connectivity index (χ0v) is 14.6. The molecule has 0 amide bonds. The third-order valence-corrected chi connectivity index (χ3v) is 6.82. The molecule has 1 aliphatic rings. The molecule has 0 N–H and O–H groups in total. The van der Waals surface area contributed by atoms with Gasteiger partial charge in [-0.05, 0) is 34.1 Å². The lowest BCUT2D eigenvalue weighted by Crippen LogP contribution is -2.52. The van der Waals surface area contributed by atoms with E-state index in [0.29, 0.717) is 32.5 Å². The van der Waals surface area contributed by atoms with Crippen LogP contribution in [0.4, 0.5) is 0 Å². The van der Waals surface area contributed by atoms with Gasteiger partial charge in [-0.3, -0.25) is 0 Å². The summed E-state index contributed by atoms with van der Waals surface area (Å²) in [6.45, 7) is 13.4. The fourth-order valence-corrected chi connectivity index (χ4v) is 5.28. The van der Waals surface area contributed by atoms with Crippen LogP contribution in [-0.4, -0.2) is 53.5 Å². The van der Waals surface area contributed by atoms with E-state index in [2.05, 4.69) is 13.8 Å². The molecule has 0 spiro atoms. The summed E-state index contributed by atoms with van der Waals surface area (Å²) >= 11 is 0. The third kappa shape index (κ3) is 5.79. The van der Waals surface area contributed by atoms with E-state index in [9.17, 15) is 0 Å². The first-order valence-corrected chi connectivity index (χ1v) is 9.63. The predicted octanol–water partition coefficient (Wildman–Crippen LogP) is 2.62. The summed E-state index contributed by atoms with van der Waals surface area (Å²) in [5.74, 6) is 0. The van der Waals surface area contributed by atoms with Gasteiger partial charge in [-0.2, -0.15) is 0 Å². The van der Waals surface area contributed by atoms with Crippen molar-refractivity contribution in [2.45, 2.75) is 58.8 Å². The van der Waals surface area contributed by atoms with E-state index >= 15 is 0 Å². The molecule has 0 aromatic heterocycles. The van der Waals surface area contributed by atoms with Gasteiger partial charge < -0.3 is 22.8 Å². The molecule has 120 valence electrons. The normalized spacial score (nSPS) is 21.8. The van der Waals surface area contributed by atoms with E-state index in [0.717, 1.165) is 13.0 Å². The Balaban J connectivity index is 2.69. The summed E-state index contributed by atoms with van der Waals surface area (Å²) in [5, 5.41) is 0. The van der Waals surface area contributed by atoms with Crippen LogP contribution in [0.15, 0.2) is 0 Å². The Kier molecular flexibility index (Phi) is 7.64. The highest BCUT2D eigenvalue weighted by molar-refractivity contribution is 6.61. The molecule has 5 nitrogen and oxygen atoms in total. The van der Waals surface area contributed by atoms with Crippen LogP contribution in [0, 0.1) is 0 Å². The molecule has 20 heavy (non-hydrogen) atoms. The highest BCUT2D eigenvalue weighted by Gasteiger charge is 2.47. The molecule has 1 aliphatic heterocycles. The Morgan fingerprint density at radius 3 is 1.90 bits per heavy atom. The van der Waals surface area contributed by atoms with Gasteiger partial charge in [0.1, 0.15) is 6.10 Å². The highest BCUT2D eigenvalue weighted by atomic mass is 28.4. The Morgan fingerprint density at radius 2 is 1.55 bits per heavy atom. The maximum atomic E-state index is 6.07. The first-order chi connectivity index (χ1) is 9.53. The number of ether oxygens (including phenoxy) is 2. The monoisotopic (exact) mass is 306 g/mol. The largest absolute Gasteiger partial charge is 0.503 e. The Hall–Kier alpha value is 0.0169. The Labute approximate surface area is 124 Å². The van der Waals surface area contributed by atoms with Crippen LogP contribution < -0.4 is 0 Å². The minimum atomic E-state index is -2.67. The van der Waals surface area contributed by atoms with Crippen LogP contribution >= 0.6 is 0 Å². The van der Waals surface area contributed by atoms with Crippen molar-refractivity contribution in [3.05, 3.63) is 0 Å². The average molecular weight is 306 g/mol. The van der Waals surface area contributed by atoms with Gasteiger partial charge in [0.15, 0.2) is 0 Å². The van der Waals surface area contributed by atoms with Crippen LogP contribution in [0.25, 0.3) is 0 Å². The number of hydrogen-bond donors (Lipinski definition) is 0. The van der Waals surface area contributed by atoms with Crippen LogP contribution in [-0.2, 0) is 22.8 Å². The van der Waals surface area contributed by atoms with Gasteiger partial charge in [-0.1, -0.05) is 6.92 Å². The van der Waals surface area contributed by atoms with Gasteiger partial charge in [0, 0.05) is 25.9 Å². The summed E-state index contributed by atoms with van der Waals surface area (Å²) in [5.41, 5.74) is -0.294. The molecule has 0 radical (unpaired) electrons. The van der Waals surface area contributed by atoms with E-state index in [1.54, 1.807) is 0 Å². The summed E-state index contributed by atoms with van der Waals surface area (Å²) in [7, 11) is -2.67. The first-order valence-electron chi connectivity index (χ1n) is 7.70. The molecular weight excluding hydrogens is 276 g/mol. The summed E-state index contributed by atoms with van der Waals surface area (Å²) in [4.78, 5) is 0. The van der Waals surface area contributed by atoms with E-state index in [1.807, 2.05) is 20.8 Å². The summed E-state index contributed by atoms with van der Waals surface area (Å²) in [6.07, 6.45) is 1.16. The number of epoxide rings is 1. The van der Waals surface area contributed by atoms with Crippen molar-refractivity contribution in [3.8, 4) is 0 Å². The fraction of sp³-hybridized carbons (Fsp3) is 1.00. The maximum Gasteiger partial charge on any atom is 0.503 e. The topological polar surface area (TPSA) is 49.5 Å². The van der Waals surface area contributed by atoms with E-state index in [1.165, 1.54) is 0 Å². The second-order valence-electron chi connectivity index (χ2n) is 5.23. The third-order valence-electron chi connectivity index (χ3n) is 3.45. The van der Waals surface area contributed by atoms with Crippen molar-refractivity contribution in [2.24, 2.45) is 0 Å². The molecule has 2 unspecified atom stereocenters. The van der Waals surface area contributed by atoms with Gasteiger partial charge in [-0.15, -0.1) is 0 Å². The van der Waals surface area contributed by atoms with Crippen molar-refractivity contribution in [1.82, 2.24) is 0 Å². The smallest absolute Gasteiger partial charge is 0.374 e. The summed E-state index contributed by atoms with van der Waals surface area (Å²) < 4.78 is 29.0. The molecule has 0 aromatic carbocycles. The number of hydrogen-bond acceptors (Lipinski definition) is 5. The molecule has 0 bridgehead atoms. The zero-order valence-electron chi connectivity index (χ0n) is 13.6. The van der Waals surface area contributed by atoms with Gasteiger partial charge in [-0.25, -0.2) is 0 Å². The van der Waals surface area contributed by atoms with E-state index in [4.69, 9.17) is 22.8 Å². The minimum absolute atomic E-state index is 0.267. The van der Waals surface area contributed by atoms with Crippen LogP contribution in [0.2, 0.25) is 6.04 Å². The SMILES string of the molecule is CCO[Si](CC(C)(CC)OCC1CO1)(OCC)OCC. The van der Waals surface area contributed by atoms with Gasteiger partial charge >= 0.3 is 8.80 Å². The second kappa shape index (κ2) is 8.46. The van der Waals surface area contributed by atoms with Gasteiger partial charge in [0.05, 0.1) is 18.8 Å². The lowest BCUT2D eigenvalue weighted by atomic mass is 10.1. The Morgan fingerprint density at radius 1 is 1.05 bits per heavy atom. The van der Waals surface area contributed by atoms with Gasteiger partial charge in [0.25, 0.3) is 0 Å². The van der Waals surface area contributed by atoms with Gasteiger partial charge in [0.2, 0.25) is 0 Å². The van der Waals surface area contributed by atoms with Crippen LogP contribution in [0.3, 0.4) is 0 Å². The molecule has 1 saturated heterocycles. The molecule has 1 fully saturated rings. The van der Waals surface area contributed by atoms with E-state index in [-0.39, 0.29) is 11.7 Å². The highest BCUT2D eigenvalue weighted by Crippen LogP contribution is 2.31. The lowest BCUT2D eigenvalue weighted by Gasteiger charge is -2.37. The van der Waals surface area contributed by atoms with Crippen molar-refractivity contribution < 1.29 is 22.8 Å². The molecule has 2 atom stereocenters. The van der Waals surface area contributed by atoms with Crippen molar-refractivity contribution in [1.29, 1.82) is 0 Å². The molecule has 6 heteroatoms. The van der Waals surface area contributed by atoms with Crippen molar-refractivity contribution >= 4 is 8.80 Å². The molecule has 0 aromatic rings. The number of rotatable bonds is 12. The Bertz CT molecular complexity index is 255. The van der Waals surface area contributed by atoms with Crippen LogP contribution in [0.5, 0.6) is 0 Å². The molecule has 0 saturated carbocycles. The summed E-state index contributed by atoms with van der Waals surface area (Å²) in [6, 6.07) is 0.679. The fourth-order valence-electron chi connectivity index (χ4n) is 2.13. The lowest BCUT2D eigenvalue weighted by molar-refractivity contribution is -0.0446. The second-order valence-corrected chi connectivity index (χ2v) is 7.81. The zero-order chi connectivity index (χ0) is 15.1. The van der Waals surface area contributed by atoms with Crippen molar-refractivity contribution in [3.63, 3.8) is 0 Å². The van der Waals surface area contributed by atoms with Crippen molar-refractivity contribution in [2.75, 3.05) is 33.0 Å². The minimum Gasteiger partial charge on any atom is -0.374 e. The average Bonchev–Trinajstić information content (AvgIpc) is 3.21. The molecular formula is C14H30O5Si. The quantitative estimate of drug-likeness (QED) is 0.410. The van der Waals surface area contributed by atoms with Crippen LogP contribution in [0.1, 0.15) is 41.0 Å². The maximum absolute atomic E-state index is 6.07. The standard InChI is InChI=1S/C14H30O5Si/c1-6-14(5,16-11-13-10-15-13)12-20(17-7-2,18-8-3)19-9-4/h13H,6-12H2,1-5H3. The molecule has 1 rings (SSSR count). The molecule has 1 heterocycles.